The lowest BCUT2D eigenvalue weighted by Crippen LogP contribution is -2.38. The van der Waals surface area contributed by atoms with Gasteiger partial charge in [0.05, 0.1) is 17.9 Å². The maximum absolute atomic E-state index is 11.6. The Kier molecular flexibility index (Phi) is 9.04. The van der Waals surface area contributed by atoms with Crippen LogP contribution in [0.15, 0.2) is 55.1 Å². The van der Waals surface area contributed by atoms with Gasteiger partial charge in [-0.3, -0.25) is 0 Å². The van der Waals surface area contributed by atoms with Gasteiger partial charge in [-0.1, -0.05) is 29.8 Å². The van der Waals surface area contributed by atoms with E-state index in [0.29, 0.717) is 24.0 Å². The number of hydrogen-bond donors (Lipinski definition) is 1. The summed E-state index contributed by atoms with van der Waals surface area (Å²) in [5.41, 5.74) is 2.41. The predicted molar refractivity (Wildman–Crippen MR) is 132 cm³/mol. The summed E-state index contributed by atoms with van der Waals surface area (Å²) in [5.74, 6) is 1.15. The van der Waals surface area contributed by atoms with Gasteiger partial charge in [-0.15, -0.1) is 6.58 Å². The fourth-order valence-electron chi connectivity index (χ4n) is 4.41. The number of rotatable bonds is 13. The van der Waals surface area contributed by atoms with E-state index in [1.54, 1.807) is 18.2 Å². The van der Waals surface area contributed by atoms with Crippen LogP contribution in [0.2, 0.25) is 5.02 Å². The molecule has 1 saturated carbocycles. The van der Waals surface area contributed by atoms with Gasteiger partial charge in [-0.2, -0.15) is 0 Å². The van der Waals surface area contributed by atoms with Gasteiger partial charge in [-0.25, -0.2) is 4.79 Å². The van der Waals surface area contributed by atoms with Crippen LogP contribution in [-0.2, 0) is 6.42 Å². The van der Waals surface area contributed by atoms with Gasteiger partial charge in [-0.05, 0) is 93.2 Å². The molecule has 2 aromatic carbocycles. The molecule has 172 valence electrons. The summed E-state index contributed by atoms with van der Waals surface area (Å²) in [4.78, 5) is 13.9. The molecular formula is C27H34ClNO3. The van der Waals surface area contributed by atoms with Crippen molar-refractivity contribution in [1.82, 2.24) is 0 Å². The second-order valence-electron chi connectivity index (χ2n) is 8.58. The molecule has 0 heterocycles. The Labute approximate surface area is 196 Å². The van der Waals surface area contributed by atoms with Crippen molar-refractivity contribution in [1.29, 1.82) is 0 Å². The zero-order valence-corrected chi connectivity index (χ0v) is 19.7. The van der Waals surface area contributed by atoms with E-state index in [9.17, 15) is 9.90 Å². The Hall–Kier alpha value is -2.46. The van der Waals surface area contributed by atoms with E-state index in [4.69, 9.17) is 16.3 Å². The fraction of sp³-hybridized carbons (Fsp3) is 0.444. The smallest absolute Gasteiger partial charge is 0.335 e. The van der Waals surface area contributed by atoms with Crippen LogP contribution in [0.25, 0.3) is 0 Å². The number of nitrogens with zero attached hydrogens (tertiary/aromatic N) is 1. The van der Waals surface area contributed by atoms with Crippen molar-refractivity contribution in [3.63, 3.8) is 0 Å². The fourth-order valence-corrected chi connectivity index (χ4v) is 4.62. The number of aromatic carboxylic acids is 1. The minimum absolute atomic E-state index is 0.294. The second-order valence-corrected chi connectivity index (χ2v) is 9.02. The van der Waals surface area contributed by atoms with Crippen molar-refractivity contribution in [3.05, 3.63) is 71.3 Å². The SMILES string of the molecule is C=CC[C@@H]1CCC1CN(CC)c1cc(C(=O)O)ccc1OCCCCc1cccc(Cl)c1. The molecule has 1 unspecified atom stereocenters. The molecule has 0 amide bonds. The van der Waals surface area contributed by atoms with Gasteiger partial charge in [0.2, 0.25) is 0 Å². The molecule has 5 heteroatoms. The van der Waals surface area contributed by atoms with E-state index in [0.717, 1.165) is 55.2 Å². The molecule has 1 fully saturated rings. The van der Waals surface area contributed by atoms with Crippen molar-refractivity contribution in [2.45, 2.75) is 45.4 Å². The van der Waals surface area contributed by atoms with Crippen molar-refractivity contribution >= 4 is 23.3 Å². The lowest BCUT2D eigenvalue weighted by atomic mass is 9.71. The summed E-state index contributed by atoms with van der Waals surface area (Å²) in [7, 11) is 0. The third-order valence-corrected chi connectivity index (χ3v) is 6.67. The number of unbranched alkanes of at least 4 members (excludes halogenated alkanes) is 1. The highest BCUT2D eigenvalue weighted by Gasteiger charge is 2.31. The van der Waals surface area contributed by atoms with E-state index in [2.05, 4.69) is 24.5 Å². The summed E-state index contributed by atoms with van der Waals surface area (Å²) in [5, 5.41) is 10.3. The molecule has 3 rings (SSSR count). The number of anilines is 1. The molecule has 1 aliphatic carbocycles. The van der Waals surface area contributed by atoms with Gasteiger partial charge in [0.25, 0.3) is 0 Å². The third kappa shape index (κ3) is 6.52. The van der Waals surface area contributed by atoms with Crippen LogP contribution < -0.4 is 9.64 Å². The van der Waals surface area contributed by atoms with E-state index in [-0.39, 0.29) is 0 Å². The highest BCUT2D eigenvalue weighted by atomic mass is 35.5. The molecule has 0 radical (unpaired) electrons. The van der Waals surface area contributed by atoms with Crippen molar-refractivity contribution in [3.8, 4) is 5.75 Å². The molecular weight excluding hydrogens is 422 g/mol. The first-order chi connectivity index (χ1) is 15.5. The zero-order chi connectivity index (χ0) is 22.9. The average Bonchev–Trinajstić information content (AvgIpc) is 2.77. The van der Waals surface area contributed by atoms with Crippen LogP contribution in [0.3, 0.4) is 0 Å². The maximum atomic E-state index is 11.6. The Morgan fingerprint density at radius 2 is 2.03 bits per heavy atom. The third-order valence-electron chi connectivity index (χ3n) is 6.43. The molecule has 0 bridgehead atoms. The minimum Gasteiger partial charge on any atom is -0.491 e. The molecule has 1 aliphatic rings. The largest absolute Gasteiger partial charge is 0.491 e. The van der Waals surface area contributed by atoms with Crippen LogP contribution in [0.5, 0.6) is 5.75 Å². The van der Waals surface area contributed by atoms with Crippen molar-refractivity contribution < 1.29 is 14.6 Å². The number of benzene rings is 2. The lowest BCUT2D eigenvalue weighted by Gasteiger charge is -2.40. The number of ether oxygens (including phenoxy) is 1. The molecule has 0 spiro atoms. The Morgan fingerprint density at radius 3 is 2.69 bits per heavy atom. The predicted octanol–water partition coefficient (Wildman–Crippen LogP) is 6.87. The Morgan fingerprint density at radius 1 is 1.22 bits per heavy atom. The molecule has 0 aliphatic heterocycles. The summed E-state index contributed by atoms with van der Waals surface area (Å²) >= 11 is 6.06. The number of carboxylic acids is 1. The van der Waals surface area contributed by atoms with Crippen LogP contribution in [-0.4, -0.2) is 30.8 Å². The van der Waals surface area contributed by atoms with E-state index >= 15 is 0 Å². The van der Waals surface area contributed by atoms with E-state index in [1.807, 2.05) is 24.3 Å². The highest BCUT2D eigenvalue weighted by molar-refractivity contribution is 6.30. The van der Waals surface area contributed by atoms with Crippen LogP contribution in [0.1, 0.15) is 54.9 Å². The van der Waals surface area contributed by atoms with Gasteiger partial charge in [0, 0.05) is 18.1 Å². The minimum atomic E-state index is -0.913. The van der Waals surface area contributed by atoms with E-state index < -0.39 is 5.97 Å². The summed E-state index contributed by atoms with van der Waals surface area (Å²) in [6.07, 6.45) is 8.41. The molecule has 4 nitrogen and oxygen atoms in total. The maximum Gasteiger partial charge on any atom is 0.335 e. The number of hydrogen-bond acceptors (Lipinski definition) is 3. The standard InChI is InChI=1S/C27H34ClNO3/c1-3-8-21-12-13-23(21)19-29(4-2)25-18-22(27(30)31)14-15-26(25)32-16-6-5-9-20-10-7-11-24(28)17-20/h3,7,10-11,14-15,17-18,21,23H,1,4-6,8-9,12-13,16,19H2,2H3,(H,30,31)/t21-,23?/m1/s1. The number of allylic oxidation sites excluding steroid dienone is 1. The molecule has 0 aromatic heterocycles. The van der Waals surface area contributed by atoms with Gasteiger partial charge < -0.3 is 14.7 Å². The van der Waals surface area contributed by atoms with Gasteiger partial charge in [0.1, 0.15) is 5.75 Å². The topological polar surface area (TPSA) is 49.8 Å². The zero-order valence-electron chi connectivity index (χ0n) is 18.9. The first-order valence-corrected chi connectivity index (χ1v) is 12.0. The first-order valence-electron chi connectivity index (χ1n) is 11.6. The number of carbonyl (C=O) groups is 1. The summed E-state index contributed by atoms with van der Waals surface area (Å²) < 4.78 is 6.15. The Balaban J connectivity index is 1.62. The molecule has 1 N–H and O–H groups in total. The quantitative estimate of drug-likeness (QED) is 0.264. The first kappa shape index (κ1) is 24.2. The molecule has 2 atom stereocenters. The number of halogens is 1. The monoisotopic (exact) mass is 455 g/mol. The molecule has 2 aromatic rings. The summed E-state index contributed by atoms with van der Waals surface area (Å²) in [6, 6.07) is 13.2. The van der Waals surface area contributed by atoms with Crippen LogP contribution in [0, 0.1) is 11.8 Å². The van der Waals surface area contributed by atoms with Crippen LogP contribution >= 0.6 is 11.6 Å². The number of carboxylic acid groups (broad SMARTS) is 1. The second kappa shape index (κ2) is 12.0. The highest BCUT2D eigenvalue weighted by Crippen LogP contribution is 2.39. The molecule has 0 saturated heterocycles. The van der Waals surface area contributed by atoms with Gasteiger partial charge >= 0.3 is 5.97 Å². The lowest BCUT2D eigenvalue weighted by molar-refractivity contribution is 0.0697. The average molecular weight is 456 g/mol. The Bertz CT molecular complexity index is 914. The summed E-state index contributed by atoms with van der Waals surface area (Å²) in [6.45, 7) is 8.33. The molecule has 32 heavy (non-hydrogen) atoms. The van der Waals surface area contributed by atoms with Crippen LogP contribution in [0.4, 0.5) is 5.69 Å². The van der Waals surface area contributed by atoms with Gasteiger partial charge in [0.15, 0.2) is 0 Å². The number of aryl methyl sites for hydroxylation is 1. The van der Waals surface area contributed by atoms with E-state index in [1.165, 1.54) is 18.4 Å². The van der Waals surface area contributed by atoms with Crippen molar-refractivity contribution in [2.24, 2.45) is 11.8 Å². The normalized spacial score (nSPS) is 17.4. The van der Waals surface area contributed by atoms with Crippen molar-refractivity contribution in [2.75, 3.05) is 24.6 Å².